The lowest BCUT2D eigenvalue weighted by atomic mass is 10.1. The first-order valence-electron chi connectivity index (χ1n) is 5.63. The lowest BCUT2D eigenvalue weighted by Crippen LogP contribution is -2.29. The number of hydrogen-bond donors (Lipinski definition) is 1. The molecule has 1 N–H and O–H groups in total. The molecule has 1 aromatic carbocycles. The molecular formula is C12H17NO4S. The van der Waals surface area contributed by atoms with E-state index < -0.39 is 10.1 Å². The van der Waals surface area contributed by atoms with E-state index in [0.29, 0.717) is 12.1 Å². The van der Waals surface area contributed by atoms with E-state index in [1.54, 1.807) is 12.1 Å². The van der Waals surface area contributed by atoms with Gasteiger partial charge in [0.05, 0.1) is 5.75 Å². The van der Waals surface area contributed by atoms with Crippen LogP contribution in [0.25, 0.3) is 0 Å². The van der Waals surface area contributed by atoms with Gasteiger partial charge < -0.3 is 4.90 Å². The molecule has 100 valence electrons. The maximum Gasteiger partial charge on any atom is 0.266 e. The van der Waals surface area contributed by atoms with Crippen LogP contribution in [-0.2, 0) is 10.1 Å². The summed E-state index contributed by atoms with van der Waals surface area (Å²) in [6, 6.07) is 5.30. The molecule has 0 amide bonds. The van der Waals surface area contributed by atoms with E-state index in [1.165, 1.54) is 0 Å². The number of hydrogen-bond acceptors (Lipinski definition) is 4. The smallest absolute Gasteiger partial charge is 0.266 e. The van der Waals surface area contributed by atoms with Gasteiger partial charge in [-0.25, -0.2) is 0 Å². The van der Waals surface area contributed by atoms with Crippen molar-refractivity contribution in [3.8, 4) is 0 Å². The van der Waals surface area contributed by atoms with Crippen LogP contribution in [0.2, 0.25) is 0 Å². The number of carbonyl (C=O) groups is 1. The highest BCUT2D eigenvalue weighted by molar-refractivity contribution is 7.85. The fourth-order valence-electron chi connectivity index (χ4n) is 1.68. The zero-order valence-corrected chi connectivity index (χ0v) is 11.3. The molecule has 0 bridgehead atoms. The van der Waals surface area contributed by atoms with E-state index in [9.17, 15) is 13.2 Å². The first-order chi connectivity index (χ1) is 8.37. The largest absolute Gasteiger partial charge is 0.371 e. The van der Waals surface area contributed by atoms with Crippen molar-refractivity contribution in [2.24, 2.45) is 0 Å². The summed E-state index contributed by atoms with van der Waals surface area (Å²) < 4.78 is 30.2. The van der Waals surface area contributed by atoms with Gasteiger partial charge in [0.15, 0.2) is 0 Å². The topological polar surface area (TPSA) is 74.7 Å². The van der Waals surface area contributed by atoms with Gasteiger partial charge in [-0.15, -0.1) is 0 Å². The van der Waals surface area contributed by atoms with Crippen molar-refractivity contribution in [3.63, 3.8) is 0 Å². The first-order valence-corrected chi connectivity index (χ1v) is 7.24. The second kappa shape index (κ2) is 5.97. The third-order valence-electron chi connectivity index (χ3n) is 2.75. The minimum Gasteiger partial charge on any atom is -0.371 e. The molecule has 0 fully saturated rings. The lowest BCUT2D eigenvalue weighted by Gasteiger charge is -2.23. The van der Waals surface area contributed by atoms with Crippen LogP contribution in [0.4, 0.5) is 5.69 Å². The van der Waals surface area contributed by atoms with Crippen LogP contribution in [0.15, 0.2) is 18.2 Å². The molecule has 0 aromatic heterocycles. The standard InChI is InChI=1S/C12H17NO4S/c1-3-13(6-7-18(15,16)17)12-5-4-11(9-14)10(2)8-12/h4-5,8-9H,3,6-7H2,1-2H3,(H,15,16,17). The molecule has 1 rings (SSSR count). The van der Waals surface area contributed by atoms with E-state index in [2.05, 4.69) is 0 Å². The fourth-order valence-corrected chi connectivity index (χ4v) is 2.14. The molecule has 0 saturated carbocycles. The number of nitrogens with zero attached hydrogens (tertiary/aromatic N) is 1. The Balaban J connectivity index is 2.88. The van der Waals surface area contributed by atoms with E-state index in [4.69, 9.17) is 4.55 Å². The van der Waals surface area contributed by atoms with Gasteiger partial charge in [-0.05, 0) is 37.6 Å². The molecule has 0 spiro atoms. The number of benzene rings is 1. The summed E-state index contributed by atoms with van der Waals surface area (Å²) in [4.78, 5) is 12.5. The summed E-state index contributed by atoms with van der Waals surface area (Å²) in [5.41, 5.74) is 2.29. The Morgan fingerprint density at radius 3 is 2.50 bits per heavy atom. The van der Waals surface area contributed by atoms with E-state index in [-0.39, 0.29) is 12.3 Å². The maximum atomic E-state index is 10.7. The van der Waals surface area contributed by atoms with Crippen molar-refractivity contribution in [2.45, 2.75) is 13.8 Å². The Bertz CT molecular complexity index is 525. The highest BCUT2D eigenvalue weighted by Crippen LogP contribution is 2.18. The van der Waals surface area contributed by atoms with Crippen LogP contribution >= 0.6 is 0 Å². The zero-order chi connectivity index (χ0) is 13.8. The Morgan fingerprint density at radius 2 is 2.06 bits per heavy atom. The highest BCUT2D eigenvalue weighted by atomic mass is 32.2. The maximum absolute atomic E-state index is 10.7. The third kappa shape index (κ3) is 4.12. The number of aryl methyl sites for hydroxylation is 1. The second-order valence-electron chi connectivity index (χ2n) is 4.02. The molecule has 0 aliphatic rings. The quantitative estimate of drug-likeness (QED) is 0.627. The van der Waals surface area contributed by atoms with Gasteiger partial charge in [0.1, 0.15) is 6.29 Å². The Labute approximate surface area is 107 Å². The summed E-state index contributed by atoms with van der Waals surface area (Å²) in [7, 11) is -3.96. The molecule has 0 aliphatic heterocycles. The zero-order valence-electron chi connectivity index (χ0n) is 10.5. The first kappa shape index (κ1) is 14.7. The van der Waals surface area contributed by atoms with Crippen LogP contribution < -0.4 is 4.90 Å². The molecule has 6 heteroatoms. The Morgan fingerprint density at radius 1 is 1.39 bits per heavy atom. The van der Waals surface area contributed by atoms with Crippen molar-refractivity contribution in [3.05, 3.63) is 29.3 Å². The Kier molecular flexibility index (Phi) is 4.86. The van der Waals surface area contributed by atoms with E-state index >= 15 is 0 Å². The lowest BCUT2D eigenvalue weighted by molar-refractivity contribution is 0.112. The molecule has 0 unspecified atom stereocenters. The molecule has 18 heavy (non-hydrogen) atoms. The van der Waals surface area contributed by atoms with Crippen LogP contribution in [0.5, 0.6) is 0 Å². The SMILES string of the molecule is CCN(CCS(=O)(=O)O)c1ccc(C=O)c(C)c1. The van der Waals surface area contributed by atoms with Gasteiger partial charge in [0.2, 0.25) is 0 Å². The fraction of sp³-hybridized carbons (Fsp3) is 0.417. The van der Waals surface area contributed by atoms with Crippen LogP contribution in [0, 0.1) is 6.92 Å². The molecule has 0 aliphatic carbocycles. The van der Waals surface area contributed by atoms with Gasteiger partial charge in [-0.1, -0.05) is 0 Å². The summed E-state index contributed by atoms with van der Waals surface area (Å²) in [6.45, 7) is 4.56. The van der Waals surface area contributed by atoms with Crippen molar-refractivity contribution in [1.29, 1.82) is 0 Å². The monoisotopic (exact) mass is 271 g/mol. The average molecular weight is 271 g/mol. The van der Waals surface area contributed by atoms with Gasteiger partial charge in [-0.3, -0.25) is 9.35 Å². The van der Waals surface area contributed by atoms with Gasteiger partial charge in [-0.2, -0.15) is 8.42 Å². The second-order valence-corrected chi connectivity index (χ2v) is 5.60. The normalized spacial score (nSPS) is 11.3. The Hall–Kier alpha value is -1.40. The van der Waals surface area contributed by atoms with Crippen LogP contribution in [0.3, 0.4) is 0 Å². The van der Waals surface area contributed by atoms with Gasteiger partial charge >= 0.3 is 0 Å². The molecular weight excluding hydrogens is 254 g/mol. The molecule has 0 heterocycles. The van der Waals surface area contributed by atoms with Crippen molar-refractivity contribution in [2.75, 3.05) is 23.7 Å². The molecule has 0 atom stereocenters. The predicted octanol–water partition coefficient (Wildman–Crippen LogP) is 1.52. The summed E-state index contributed by atoms with van der Waals surface area (Å²) >= 11 is 0. The van der Waals surface area contributed by atoms with Crippen molar-refractivity contribution >= 4 is 22.1 Å². The minimum absolute atomic E-state index is 0.217. The number of rotatable bonds is 6. The highest BCUT2D eigenvalue weighted by Gasteiger charge is 2.11. The molecule has 0 saturated heterocycles. The summed E-state index contributed by atoms with van der Waals surface area (Å²) in [5, 5.41) is 0. The predicted molar refractivity (Wildman–Crippen MR) is 70.9 cm³/mol. The number of carbonyl (C=O) groups excluding carboxylic acids is 1. The van der Waals surface area contributed by atoms with Gasteiger partial charge in [0.25, 0.3) is 10.1 Å². The van der Waals surface area contributed by atoms with E-state index in [1.807, 2.05) is 24.8 Å². The van der Waals surface area contributed by atoms with Crippen LogP contribution in [-0.4, -0.2) is 38.1 Å². The number of anilines is 1. The summed E-state index contributed by atoms with van der Waals surface area (Å²) in [5.74, 6) is -0.310. The van der Waals surface area contributed by atoms with Crippen LogP contribution in [0.1, 0.15) is 22.8 Å². The van der Waals surface area contributed by atoms with E-state index in [0.717, 1.165) is 17.5 Å². The van der Waals surface area contributed by atoms with Crippen molar-refractivity contribution < 1.29 is 17.8 Å². The molecule has 1 aromatic rings. The summed E-state index contributed by atoms with van der Waals surface area (Å²) in [6.07, 6.45) is 0.785. The van der Waals surface area contributed by atoms with Crippen molar-refractivity contribution in [1.82, 2.24) is 0 Å². The average Bonchev–Trinajstić information content (AvgIpc) is 2.28. The minimum atomic E-state index is -3.96. The molecule has 5 nitrogen and oxygen atoms in total. The molecule has 0 radical (unpaired) electrons. The third-order valence-corrected chi connectivity index (χ3v) is 3.44. The van der Waals surface area contributed by atoms with Gasteiger partial charge in [0, 0.05) is 24.3 Å². The number of aldehydes is 1.